The van der Waals surface area contributed by atoms with Crippen LogP contribution in [0.3, 0.4) is 0 Å². The van der Waals surface area contributed by atoms with Gasteiger partial charge in [-0.05, 0) is 67.5 Å². The fraction of sp³-hybridized carbons (Fsp3) is 0.435. The number of carbonyl (C=O) groups is 1. The van der Waals surface area contributed by atoms with Crippen LogP contribution in [0.15, 0.2) is 36.4 Å². The summed E-state index contributed by atoms with van der Waals surface area (Å²) >= 11 is 6.21. The van der Waals surface area contributed by atoms with Crippen molar-refractivity contribution in [2.75, 3.05) is 17.7 Å². The number of aryl methyl sites for hydroxylation is 2. The molecule has 1 N–H and O–H groups in total. The van der Waals surface area contributed by atoms with Crippen LogP contribution < -0.4 is 14.4 Å². The molecule has 0 heterocycles. The molecule has 1 aliphatic carbocycles. The van der Waals surface area contributed by atoms with Crippen LogP contribution in [0.5, 0.6) is 5.75 Å². The predicted molar refractivity (Wildman–Crippen MR) is 124 cm³/mol. The number of rotatable bonds is 8. The maximum absolute atomic E-state index is 13.2. The molecule has 0 radical (unpaired) electrons. The Morgan fingerprint density at radius 1 is 1.19 bits per heavy atom. The molecule has 6 nitrogen and oxygen atoms in total. The summed E-state index contributed by atoms with van der Waals surface area (Å²) in [5, 5.41) is 3.27. The van der Waals surface area contributed by atoms with Crippen LogP contribution in [-0.2, 0) is 27.7 Å². The molecule has 1 aliphatic rings. The third-order valence-electron chi connectivity index (χ3n) is 5.70. The normalized spacial score (nSPS) is 15.1. The Morgan fingerprint density at radius 2 is 1.90 bits per heavy atom. The van der Waals surface area contributed by atoms with E-state index in [9.17, 15) is 13.2 Å². The maximum atomic E-state index is 13.2. The molecule has 8 heteroatoms. The molecule has 1 amide bonds. The molecule has 2 aromatic rings. The minimum absolute atomic E-state index is 0.242. The molecular formula is C23H29ClN2O4S. The molecular weight excluding hydrogens is 436 g/mol. The van der Waals surface area contributed by atoms with Crippen LogP contribution in [0.2, 0.25) is 5.02 Å². The molecule has 0 aliphatic heterocycles. The zero-order valence-corrected chi connectivity index (χ0v) is 19.9. The average molecular weight is 465 g/mol. The summed E-state index contributed by atoms with van der Waals surface area (Å²) in [6.45, 7) is 3.70. The van der Waals surface area contributed by atoms with Crippen LogP contribution in [-0.4, -0.2) is 33.7 Å². The number of ether oxygens (including phenoxy) is 1. The summed E-state index contributed by atoms with van der Waals surface area (Å²) in [5.74, 6) is 0.0782. The van der Waals surface area contributed by atoms with E-state index in [0.29, 0.717) is 17.9 Å². The van der Waals surface area contributed by atoms with E-state index in [0.717, 1.165) is 35.4 Å². The standard InChI is InChI=1S/C23H29ClN2O4S/c1-5-21(26(31(4,28)29)19-11-12-22(30-3)20(24)14-19)23(27)25-15(2)17-10-9-16-7-6-8-18(16)13-17/h9-15,21H,5-8H2,1-4H3,(H,25,27)/t15-,21+/m1/s1. The molecule has 0 fully saturated rings. The number of fused-ring (bicyclic) bond motifs is 1. The van der Waals surface area contributed by atoms with Gasteiger partial charge >= 0.3 is 0 Å². The number of hydrogen-bond donors (Lipinski definition) is 1. The van der Waals surface area contributed by atoms with Crippen molar-refractivity contribution >= 4 is 33.2 Å². The van der Waals surface area contributed by atoms with Crippen molar-refractivity contribution in [3.8, 4) is 5.75 Å². The van der Waals surface area contributed by atoms with Gasteiger partial charge in [0.1, 0.15) is 11.8 Å². The summed E-state index contributed by atoms with van der Waals surface area (Å²) in [6, 6.07) is 9.84. The molecule has 31 heavy (non-hydrogen) atoms. The number of nitrogens with zero attached hydrogens (tertiary/aromatic N) is 1. The highest BCUT2D eigenvalue weighted by molar-refractivity contribution is 7.92. The van der Waals surface area contributed by atoms with E-state index in [1.54, 1.807) is 19.1 Å². The van der Waals surface area contributed by atoms with Crippen molar-refractivity contribution in [1.82, 2.24) is 5.32 Å². The molecule has 168 valence electrons. The minimum atomic E-state index is -3.75. The quantitative estimate of drug-likeness (QED) is 0.633. The first-order chi connectivity index (χ1) is 14.7. The second-order valence-electron chi connectivity index (χ2n) is 7.91. The lowest BCUT2D eigenvalue weighted by Gasteiger charge is -2.31. The monoisotopic (exact) mass is 464 g/mol. The maximum Gasteiger partial charge on any atom is 0.244 e. The Bertz CT molecular complexity index is 1070. The number of anilines is 1. The summed E-state index contributed by atoms with van der Waals surface area (Å²) in [7, 11) is -2.26. The van der Waals surface area contributed by atoms with Crippen molar-refractivity contribution in [2.24, 2.45) is 0 Å². The van der Waals surface area contributed by atoms with Crippen LogP contribution in [0.4, 0.5) is 5.69 Å². The summed E-state index contributed by atoms with van der Waals surface area (Å²) in [4.78, 5) is 13.2. The lowest BCUT2D eigenvalue weighted by atomic mass is 10.0. The van der Waals surface area contributed by atoms with Crippen molar-refractivity contribution in [1.29, 1.82) is 0 Å². The number of nitrogens with one attached hydrogen (secondary N) is 1. The van der Waals surface area contributed by atoms with Crippen molar-refractivity contribution in [3.63, 3.8) is 0 Å². The molecule has 2 aromatic carbocycles. The Morgan fingerprint density at radius 3 is 2.52 bits per heavy atom. The second-order valence-corrected chi connectivity index (χ2v) is 10.2. The summed E-state index contributed by atoms with van der Waals surface area (Å²) < 4.78 is 31.6. The van der Waals surface area contributed by atoms with Gasteiger partial charge in [-0.3, -0.25) is 9.10 Å². The number of hydrogen-bond acceptors (Lipinski definition) is 4. The zero-order chi connectivity index (χ0) is 22.8. The molecule has 0 bridgehead atoms. The van der Waals surface area contributed by atoms with Gasteiger partial charge in [0.2, 0.25) is 15.9 Å². The van der Waals surface area contributed by atoms with E-state index < -0.39 is 16.1 Å². The molecule has 3 rings (SSSR count). The number of amides is 1. The fourth-order valence-corrected chi connectivity index (χ4v) is 5.56. The Labute approximate surface area is 189 Å². The van der Waals surface area contributed by atoms with Gasteiger partial charge in [0.15, 0.2) is 0 Å². The third kappa shape index (κ3) is 5.15. The van der Waals surface area contributed by atoms with E-state index in [-0.39, 0.29) is 17.0 Å². The summed E-state index contributed by atoms with van der Waals surface area (Å²) in [5.41, 5.74) is 4.03. The first kappa shape index (κ1) is 23.4. The molecule has 0 aromatic heterocycles. The first-order valence-electron chi connectivity index (χ1n) is 10.4. The molecule has 2 atom stereocenters. The zero-order valence-electron chi connectivity index (χ0n) is 18.3. The van der Waals surface area contributed by atoms with Gasteiger partial charge in [0.05, 0.1) is 30.1 Å². The highest BCUT2D eigenvalue weighted by Crippen LogP contribution is 2.32. The second kappa shape index (κ2) is 9.49. The van der Waals surface area contributed by atoms with Crippen LogP contribution in [0.1, 0.15) is 49.4 Å². The number of carbonyl (C=O) groups excluding carboxylic acids is 1. The smallest absolute Gasteiger partial charge is 0.244 e. The van der Waals surface area contributed by atoms with E-state index in [2.05, 4.69) is 17.4 Å². The van der Waals surface area contributed by atoms with Gasteiger partial charge in [-0.2, -0.15) is 0 Å². The number of methoxy groups -OCH3 is 1. The predicted octanol–water partition coefficient (Wildman–Crippen LogP) is 4.26. The van der Waals surface area contributed by atoms with Gasteiger partial charge in [0.25, 0.3) is 0 Å². The third-order valence-corrected chi connectivity index (χ3v) is 7.18. The highest BCUT2D eigenvalue weighted by Gasteiger charge is 2.32. The molecule has 0 saturated carbocycles. The number of sulfonamides is 1. The Hall–Kier alpha value is -2.25. The lowest BCUT2D eigenvalue weighted by Crippen LogP contribution is -2.49. The fourth-order valence-electron chi connectivity index (χ4n) is 4.11. The van der Waals surface area contributed by atoms with E-state index in [1.165, 1.54) is 24.3 Å². The van der Waals surface area contributed by atoms with Gasteiger partial charge in [-0.15, -0.1) is 0 Å². The van der Waals surface area contributed by atoms with Crippen molar-refractivity contribution < 1.29 is 17.9 Å². The lowest BCUT2D eigenvalue weighted by molar-refractivity contribution is -0.122. The van der Waals surface area contributed by atoms with Crippen molar-refractivity contribution in [2.45, 2.75) is 51.6 Å². The first-order valence-corrected chi connectivity index (χ1v) is 12.6. The number of benzene rings is 2. The van der Waals surface area contributed by atoms with Gasteiger partial charge in [0, 0.05) is 0 Å². The molecule has 0 spiro atoms. The molecule has 0 saturated heterocycles. The van der Waals surface area contributed by atoms with Crippen molar-refractivity contribution in [3.05, 3.63) is 58.1 Å². The van der Waals surface area contributed by atoms with E-state index in [4.69, 9.17) is 16.3 Å². The average Bonchev–Trinajstić information content (AvgIpc) is 3.18. The highest BCUT2D eigenvalue weighted by atomic mass is 35.5. The number of halogens is 1. The largest absolute Gasteiger partial charge is 0.495 e. The Balaban J connectivity index is 1.86. The summed E-state index contributed by atoms with van der Waals surface area (Å²) in [6.07, 6.45) is 4.71. The Kier molecular flexibility index (Phi) is 7.17. The topological polar surface area (TPSA) is 75.7 Å². The van der Waals surface area contributed by atoms with Crippen LogP contribution >= 0.6 is 11.6 Å². The van der Waals surface area contributed by atoms with Gasteiger partial charge in [-0.1, -0.05) is 36.7 Å². The van der Waals surface area contributed by atoms with Crippen LogP contribution in [0, 0.1) is 0 Å². The van der Waals surface area contributed by atoms with E-state index >= 15 is 0 Å². The van der Waals surface area contributed by atoms with E-state index in [1.807, 2.05) is 13.0 Å². The molecule has 0 unspecified atom stereocenters. The van der Waals surface area contributed by atoms with Gasteiger partial charge in [-0.25, -0.2) is 8.42 Å². The van der Waals surface area contributed by atoms with Gasteiger partial charge < -0.3 is 10.1 Å². The van der Waals surface area contributed by atoms with Crippen LogP contribution in [0.25, 0.3) is 0 Å². The SMILES string of the molecule is CC[C@@H](C(=O)N[C@H](C)c1ccc2c(c1)CCC2)N(c1ccc(OC)c(Cl)c1)S(C)(=O)=O. The minimum Gasteiger partial charge on any atom is -0.495 e.